The second-order valence-electron chi connectivity index (χ2n) is 16.4. The number of carbonyl (C=O) groups is 3. The Bertz CT molecular complexity index is 969. The van der Waals surface area contributed by atoms with Gasteiger partial charge in [0.1, 0.15) is 13.2 Å². The molecule has 0 spiro atoms. The summed E-state index contributed by atoms with van der Waals surface area (Å²) in [6, 6.07) is 0. The number of esters is 3. The summed E-state index contributed by atoms with van der Waals surface area (Å²) < 4.78 is 16.7. The predicted octanol–water partition coefficient (Wildman–Crippen LogP) is 15.8. The second-order valence-corrected chi connectivity index (χ2v) is 16.4. The fourth-order valence-corrected chi connectivity index (χ4v) is 6.85. The summed E-state index contributed by atoms with van der Waals surface area (Å²) in [6.45, 7) is 6.55. The molecule has 0 radical (unpaired) electrons. The van der Waals surface area contributed by atoms with Gasteiger partial charge in [0.05, 0.1) is 0 Å². The summed E-state index contributed by atoms with van der Waals surface area (Å²) >= 11 is 0. The number of carbonyl (C=O) groups excluding carboxylic acids is 3. The standard InChI is InChI=1S/C51H92O6/c1-4-7-10-13-16-19-22-24-26-29-32-35-38-41-44-50(53)56-47-48(46-55-49(52)43-40-37-34-31-28-21-18-15-12-9-6-3)57-51(54)45-42-39-36-33-30-27-25-23-20-17-14-11-8-5-2/h13,15-16,18,22,24,48H,4-12,14,17,19-21,23,25-47H2,1-3H3/b16-13-,18-15-,24-22-/t48-/m1/s1. The van der Waals surface area contributed by atoms with Crippen molar-refractivity contribution in [2.24, 2.45) is 0 Å². The molecule has 0 unspecified atom stereocenters. The third kappa shape index (κ3) is 44.6. The molecule has 57 heavy (non-hydrogen) atoms. The van der Waals surface area contributed by atoms with Crippen LogP contribution in [0.2, 0.25) is 0 Å². The van der Waals surface area contributed by atoms with E-state index in [4.69, 9.17) is 14.2 Å². The van der Waals surface area contributed by atoms with E-state index in [0.717, 1.165) is 83.5 Å². The molecule has 0 aromatic carbocycles. The van der Waals surface area contributed by atoms with Crippen LogP contribution >= 0.6 is 0 Å². The quantitative estimate of drug-likeness (QED) is 0.0264. The molecule has 0 aliphatic rings. The molecule has 0 aliphatic heterocycles. The first-order valence-electron chi connectivity index (χ1n) is 24.5. The highest BCUT2D eigenvalue weighted by atomic mass is 16.6. The SMILES string of the molecule is CCCC/C=C\C/C=C\CCCCCCCC(=O)OC[C@@H](COC(=O)CCCCCCC/C=C\CCCC)OC(=O)CCCCCCCCCCCCCCCC. The average Bonchev–Trinajstić information content (AvgIpc) is 3.21. The van der Waals surface area contributed by atoms with Gasteiger partial charge in [0.2, 0.25) is 0 Å². The van der Waals surface area contributed by atoms with Gasteiger partial charge in [-0.1, -0.05) is 205 Å². The third-order valence-corrected chi connectivity index (χ3v) is 10.6. The van der Waals surface area contributed by atoms with Crippen LogP contribution in [0.5, 0.6) is 0 Å². The maximum atomic E-state index is 12.8. The van der Waals surface area contributed by atoms with E-state index in [1.54, 1.807) is 0 Å². The van der Waals surface area contributed by atoms with E-state index >= 15 is 0 Å². The van der Waals surface area contributed by atoms with Crippen LogP contribution in [0.25, 0.3) is 0 Å². The minimum Gasteiger partial charge on any atom is -0.462 e. The molecule has 0 saturated heterocycles. The summed E-state index contributed by atoms with van der Waals surface area (Å²) in [5.74, 6) is -0.895. The Labute approximate surface area is 353 Å². The third-order valence-electron chi connectivity index (χ3n) is 10.6. The van der Waals surface area contributed by atoms with Crippen molar-refractivity contribution in [2.75, 3.05) is 13.2 Å². The summed E-state index contributed by atoms with van der Waals surface area (Å²) in [4.78, 5) is 37.8. The van der Waals surface area contributed by atoms with Gasteiger partial charge in [-0.15, -0.1) is 0 Å². The summed E-state index contributed by atoms with van der Waals surface area (Å²) in [5.41, 5.74) is 0. The van der Waals surface area contributed by atoms with Crippen molar-refractivity contribution in [1.29, 1.82) is 0 Å². The van der Waals surface area contributed by atoms with Gasteiger partial charge in [0, 0.05) is 19.3 Å². The van der Waals surface area contributed by atoms with Crippen molar-refractivity contribution in [3.63, 3.8) is 0 Å². The molecule has 0 aromatic heterocycles. The molecule has 6 heteroatoms. The molecule has 0 rings (SSSR count). The van der Waals surface area contributed by atoms with Crippen molar-refractivity contribution in [2.45, 2.75) is 258 Å². The number of rotatable bonds is 44. The van der Waals surface area contributed by atoms with Gasteiger partial charge in [-0.3, -0.25) is 14.4 Å². The van der Waals surface area contributed by atoms with Crippen LogP contribution in [-0.2, 0) is 28.6 Å². The van der Waals surface area contributed by atoms with Crippen LogP contribution in [0.15, 0.2) is 36.5 Å². The summed E-state index contributed by atoms with van der Waals surface area (Å²) in [5, 5.41) is 0. The van der Waals surface area contributed by atoms with Gasteiger partial charge in [-0.05, 0) is 64.2 Å². The smallest absolute Gasteiger partial charge is 0.306 e. The van der Waals surface area contributed by atoms with Crippen LogP contribution in [0.4, 0.5) is 0 Å². The van der Waals surface area contributed by atoms with Crippen LogP contribution in [0.3, 0.4) is 0 Å². The lowest BCUT2D eigenvalue weighted by Gasteiger charge is -2.18. The van der Waals surface area contributed by atoms with E-state index in [9.17, 15) is 14.4 Å². The Kier molecular flexibility index (Phi) is 44.4. The first-order chi connectivity index (χ1) is 28.0. The van der Waals surface area contributed by atoms with Gasteiger partial charge >= 0.3 is 17.9 Å². The van der Waals surface area contributed by atoms with Crippen molar-refractivity contribution in [3.8, 4) is 0 Å². The largest absolute Gasteiger partial charge is 0.462 e. The first kappa shape index (κ1) is 54.6. The second kappa shape index (κ2) is 46.3. The van der Waals surface area contributed by atoms with Gasteiger partial charge in [0.15, 0.2) is 6.10 Å². The fourth-order valence-electron chi connectivity index (χ4n) is 6.85. The van der Waals surface area contributed by atoms with E-state index in [0.29, 0.717) is 19.3 Å². The van der Waals surface area contributed by atoms with Crippen molar-refractivity contribution >= 4 is 17.9 Å². The highest BCUT2D eigenvalue weighted by Crippen LogP contribution is 2.15. The molecule has 0 aliphatic carbocycles. The minimum atomic E-state index is -0.776. The number of ether oxygens (including phenoxy) is 3. The zero-order valence-corrected chi connectivity index (χ0v) is 37.9. The van der Waals surface area contributed by atoms with E-state index in [-0.39, 0.29) is 31.1 Å². The molecule has 0 bridgehead atoms. The van der Waals surface area contributed by atoms with Crippen LogP contribution in [0, 0.1) is 0 Å². The predicted molar refractivity (Wildman–Crippen MR) is 242 cm³/mol. The van der Waals surface area contributed by atoms with E-state index in [1.165, 1.54) is 128 Å². The number of unbranched alkanes of at least 4 members (excludes halogenated alkanes) is 27. The molecule has 0 aromatic rings. The van der Waals surface area contributed by atoms with Gasteiger partial charge in [-0.25, -0.2) is 0 Å². The molecule has 332 valence electrons. The Morgan fingerprint density at radius 2 is 0.649 bits per heavy atom. The first-order valence-corrected chi connectivity index (χ1v) is 24.5. The zero-order valence-electron chi connectivity index (χ0n) is 37.9. The lowest BCUT2D eigenvalue weighted by atomic mass is 10.0. The van der Waals surface area contributed by atoms with E-state index in [1.807, 2.05) is 0 Å². The van der Waals surface area contributed by atoms with Crippen LogP contribution in [-0.4, -0.2) is 37.2 Å². The Morgan fingerprint density at radius 3 is 1.04 bits per heavy atom. The zero-order chi connectivity index (χ0) is 41.5. The van der Waals surface area contributed by atoms with Gasteiger partial charge in [-0.2, -0.15) is 0 Å². The average molecular weight is 801 g/mol. The Morgan fingerprint density at radius 1 is 0.351 bits per heavy atom. The van der Waals surface area contributed by atoms with Crippen molar-refractivity contribution in [1.82, 2.24) is 0 Å². The Balaban J connectivity index is 4.38. The molecular formula is C51H92O6. The van der Waals surface area contributed by atoms with E-state index in [2.05, 4.69) is 57.2 Å². The number of hydrogen-bond donors (Lipinski definition) is 0. The van der Waals surface area contributed by atoms with Gasteiger partial charge in [0.25, 0.3) is 0 Å². The fraction of sp³-hybridized carbons (Fsp3) is 0.824. The molecule has 0 saturated carbocycles. The maximum Gasteiger partial charge on any atom is 0.306 e. The molecule has 0 fully saturated rings. The highest BCUT2D eigenvalue weighted by Gasteiger charge is 2.19. The van der Waals surface area contributed by atoms with Crippen LogP contribution in [0.1, 0.15) is 252 Å². The lowest BCUT2D eigenvalue weighted by molar-refractivity contribution is -0.167. The summed E-state index contributed by atoms with van der Waals surface area (Å²) in [7, 11) is 0. The lowest BCUT2D eigenvalue weighted by Crippen LogP contribution is -2.30. The molecular weight excluding hydrogens is 709 g/mol. The molecule has 0 heterocycles. The van der Waals surface area contributed by atoms with E-state index < -0.39 is 6.10 Å². The summed E-state index contributed by atoms with van der Waals surface area (Å²) in [6.07, 6.45) is 52.6. The van der Waals surface area contributed by atoms with Crippen molar-refractivity contribution < 1.29 is 28.6 Å². The molecule has 6 nitrogen and oxygen atoms in total. The minimum absolute atomic E-state index is 0.0788. The highest BCUT2D eigenvalue weighted by molar-refractivity contribution is 5.71. The number of hydrogen-bond acceptors (Lipinski definition) is 6. The molecule has 0 amide bonds. The van der Waals surface area contributed by atoms with Crippen LogP contribution < -0.4 is 0 Å². The molecule has 1 atom stereocenters. The van der Waals surface area contributed by atoms with Crippen molar-refractivity contribution in [3.05, 3.63) is 36.5 Å². The molecule has 0 N–H and O–H groups in total. The Hall–Kier alpha value is -2.37. The normalized spacial score (nSPS) is 12.3. The maximum absolute atomic E-state index is 12.8. The monoisotopic (exact) mass is 801 g/mol. The van der Waals surface area contributed by atoms with Gasteiger partial charge < -0.3 is 14.2 Å². The topological polar surface area (TPSA) is 78.9 Å². The number of allylic oxidation sites excluding steroid dienone is 6.